The van der Waals surface area contributed by atoms with Crippen LogP contribution in [0.5, 0.6) is 5.75 Å². The summed E-state index contributed by atoms with van der Waals surface area (Å²) >= 11 is 0. The lowest BCUT2D eigenvalue weighted by Crippen LogP contribution is -2.02. The second kappa shape index (κ2) is 7.56. The van der Waals surface area contributed by atoms with Crippen LogP contribution in [0.2, 0.25) is 0 Å². The van der Waals surface area contributed by atoms with E-state index in [1.165, 1.54) is 0 Å². The molecule has 0 aliphatic rings. The van der Waals surface area contributed by atoms with E-state index < -0.39 is 5.97 Å². The first-order valence-corrected chi connectivity index (χ1v) is 4.83. The zero-order valence-electron chi connectivity index (χ0n) is 9.19. The third-order valence-corrected chi connectivity index (χ3v) is 1.50. The maximum Gasteiger partial charge on any atom is 0.335 e. The van der Waals surface area contributed by atoms with Crippen molar-refractivity contribution in [2.45, 2.75) is 13.8 Å². The van der Waals surface area contributed by atoms with E-state index in [0.717, 1.165) is 11.6 Å². The van der Waals surface area contributed by atoms with E-state index in [0.29, 0.717) is 5.75 Å². The van der Waals surface area contributed by atoms with Crippen molar-refractivity contribution in [3.8, 4) is 5.75 Å². The van der Waals surface area contributed by atoms with Gasteiger partial charge in [-0.1, -0.05) is 45.2 Å². The molecule has 1 aromatic carbocycles. The van der Waals surface area contributed by atoms with Crippen LogP contribution in [0.4, 0.5) is 0 Å². The maximum absolute atomic E-state index is 10.8. The average Bonchev–Trinajstić information content (AvgIpc) is 2.32. The molecule has 0 heterocycles. The predicted molar refractivity (Wildman–Crippen MR) is 63.7 cm³/mol. The third-order valence-electron chi connectivity index (χ3n) is 1.50. The Morgan fingerprint density at radius 3 is 2.13 bits per heavy atom. The maximum atomic E-state index is 10.8. The summed E-state index contributed by atoms with van der Waals surface area (Å²) in [6.07, 6.45) is 2.85. The third kappa shape index (κ3) is 4.81. The van der Waals surface area contributed by atoms with Gasteiger partial charge in [-0.25, -0.2) is 4.79 Å². The summed E-state index contributed by atoms with van der Waals surface area (Å²) < 4.78 is 4.87. The molecule has 1 rings (SSSR count). The van der Waals surface area contributed by atoms with Crippen molar-refractivity contribution in [2.24, 2.45) is 0 Å². The van der Waals surface area contributed by atoms with Crippen molar-refractivity contribution in [3.05, 3.63) is 49.1 Å². The minimum absolute atomic E-state index is 0.452. The van der Waals surface area contributed by atoms with Crippen LogP contribution in [0.3, 0.4) is 0 Å². The second-order valence-corrected chi connectivity index (χ2v) is 2.40. The quantitative estimate of drug-likeness (QED) is 0.428. The summed E-state index contributed by atoms with van der Waals surface area (Å²) in [5.74, 6) is 0.0573. The monoisotopic (exact) mass is 204 g/mol. The molecule has 0 bridgehead atoms. The van der Waals surface area contributed by atoms with Gasteiger partial charge in [-0.15, -0.1) is 0 Å². The lowest BCUT2D eigenvalue weighted by atomic mass is 10.2. The van der Waals surface area contributed by atoms with Gasteiger partial charge in [0.2, 0.25) is 0 Å². The van der Waals surface area contributed by atoms with E-state index in [1.54, 1.807) is 18.2 Å². The van der Waals surface area contributed by atoms with Gasteiger partial charge in [0.1, 0.15) is 5.75 Å². The van der Waals surface area contributed by atoms with Gasteiger partial charge in [0.15, 0.2) is 0 Å². The molecule has 0 unspecified atom stereocenters. The molecular formula is C13H16O2. The van der Waals surface area contributed by atoms with Gasteiger partial charge in [-0.2, -0.15) is 0 Å². The van der Waals surface area contributed by atoms with Gasteiger partial charge in [-0.05, 0) is 17.7 Å². The molecule has 0 spiro atoms. The van der Waals surface area contributed by atoms with Crippen LogP contribution in [-0.2, 0) is 4.79 Å². The molecule has 0 saturated heterocycles. The van der Waals surface area contributed by atoms with E-state index in [2.05, 4.69) is 13.2 Å². The summed E-state index contributed by atoms with van der Waals surface area (Å²) in [7, 11) is 0. The Morgan fingerprint density at radius 1 is 1.20 bits per heavy atom. The molecule has 0 saturated carbocycles. The van der Waals surface area contributed by atoms with Crippen molar-refractivity contribution in [1.82, 2.24) is 0 Å². The van der Waals surface area contributed by atoms with Crippen LogP contribution in [0, 0.1) is 0 Å². The number of ether oxygens (including phenoxy) is 1. The fourth-order valence-corrected chi connectivity index (χ4v) is 0.830. The first-order valence-electron chi connectivity index (χ1n) is 4.83. The first kappa shape index (κ1) is 13.2. The number of carbonyl (C=O) groups excluding carboxylic acids is 1. The van der Waals surface area contributed by atoms with Crippen molar-refractivity contribution >= 4 is 12.0 Å². The Balaban J connectivity index is 0.000000921. The molecule has 15 heavy (non-hydrogen) atoms. The minimum atomic E-state index is -0.452. The number of hydrogen-bond donors (Lipinski definition) is 0. The number of carbonyl (C=O) groups is 1. The van der Waals surface area contributed by atoms with Gasteiger partial charge >= 0.3 is 5.97 Å². The van der Waals surface area contributed by atoms with Crippen molar-refractivity contribution in [3.63, 3.8) is 0 Å². The first-order chi connectivity index (χ1) is 7.26. The van der Waals surface area contributed by atoms with E-state index in [1.807, 2.05) is 26.0 Å². The number of esters is 1. The molecule has 2 heteroatoms. The molecule has 1 aromatic rings. The molecule has 0 aliphatic heterocycles. The molecule has 80 valence electrons. The topological polar surface area (TPSA) is 26.3 Å². The van der Waals surface area contributed by atoms with Crippen LogP contribution < -0.4 is 4.74 Å². The molecule has 0 aliphatic carbocycles. The fourth-order valence-electron chi connectivity index (χ4n) is 0.830. The normalized spacial score (nSPS) is 8.13. The Kier molecular flexibility index (Phi) is 6.64. The van der Waals surface area contributed by atoms with Crippen LogP contribution in [0.1, 0.15) is 19.4 Å². The van der Waals surface area contributed by atoms with Gasteiger partial charge in [0.05, 0.1) is 0 Å². The molecule has 0 atom stereocenters. The van der Waals surface area contributed by atoms with Gasteiger partial charge in [-0.3, -0.25) is 0 Å². The fraction of sp³-hybridized carbons (Fsp3) is 0.154. The van der Waals surface area contributed by atoms with Gasteiger partial charge in [0, 0.05) is 6.08 Å². The highest BCUT2D eigenvalue weighted by Crippen LogP contribution is 2.12. The molecule has 0 N–H and O–H groups in total. The Labute approximate surface area is 90.9 Å². The van der Waals surface area contributed by atoms with Crippen LogP contribution in [0.15, 0.2) is 43.5 Å². The smallest absolute Gasteiger partial charge is 0.335 e. The van der Waals surface area contributed by atoms with E-state index in [-0.39, 0.29) is 0 Å². The number of benzene rings is 1. The molecule has 2 nitrogen and oxygen atoms in total. The average molecular weight is 204 g/mol. The van der Waals surface area contributed by atoms with Crippen molar-refractivity contribution in [2.75, 3.05) is 0 Å². The van der Waals surface area contributed by atoms with Crippen LogP contribution in [0.25, 0.3) is 6.08 Å². The Hall–Kier alpha value is -1.83. The van der Waals surface area contributed by atoms with E-state index in [9.17, 15) is 4.79 Å². The van der Waals surface area contributed by atoms with E-state index in [4.69, 9.17) is 4.74 Å². The lowest BCUT2D eigenvalue weighted by Gasteiger charge is -2.00. The lowest BCUT2D eigenvalue weighted by molar-refractivity contribution is -0.128. The summed E-state index contributed by atoms with van der Waals surface area (Å²) in [4.78, 5) is 10.8. The largest absolute Gasteiger partial charge is 0.423 e. The van der Waals surface area contributed by atoms with Gasteiger partial charge in [0.25, 0.3) is 0 Å². The Morgan fingerprint density at radius 2 is 1.73 bits per heavy atom. The summed E-state index contributed by atoms with van der Waals surface area (Å²) in [5, 5.41) is 0. The second-order valence-electron chi connectivity index (χ2n) is 2.40. The summed E-state index contributed by atoms with van der Waals surface area (Å²) in [6.45, 7) is 10.9. The highest BCUT2D eigenvalue weighted by molar-refractivity contribution is 5.83. The molecule has 0 fully saturated rings. The molecule has 0 aromatic heterocycles. The van der Waals surface area contributed by atoms with Crippen LogP contribution in [-0.4, -0.2) is 5.97 Å². The van der Waals surface area contributed by atoms with Crippen LogP contribution >= 0.6 is 0 Å². The SMILES string of the molecule is C=CC(=O)Oc1ccc(C=C)cc1.CC. The highest BCUT2D eigenvalue weighted by Gasteiger charge is 1.97. The standard InChI is InChI=1S/C11H10O2.C2H6/c1-3-9-5-7-10(8-6-9)13-11(12)4-2;1-2/h3-8H,1-2H2;1-2H3. The van der Waals surface area contributed by atoms with Gasteiger partial charge < -0.3 is 4.74 Å². The summed E-state index contributed by atoms with van der Waals surface area (Å²) in [5.41, 5.74) is 0.985. The van der Waals surface area contributed by atoms with Crippen molar-refractivity contribution in [1.29, 1.82) is 0 Å². The predicted octanol–water partition coefficient (Wildman–Crippen LogP) is 3.45. The molecule has 0 radical (unpaired) electrons. The number of rotatable bonds is 3. The summed E-state index contributed by atoms with van der Waals surface area (Å²) in [6, 6.07) is 7.05. The molecular weight excluding hydrogens is 188 g/mol. The minimum Gasteiger partial charge on any atom is -0.423 e. The number of hydrogen-bond acceptors (Lipinski definition) is 2. The Bertz CT molecular complexity index is 323. The van der Waals surface area contributed by atoms with E-state index >= 15 is 0 Å². The highest BCUT2D eigenvalue weighted by atomic mass is 16.5. The molecule has 0 amide bonds. The zero-order valence-corrected chi connectivity index (χ0v) is 9.19. The van der Waals surface area contributed by atoms with Crippen molar-refractivity contribution < 1.29 is 9.53 Å². The zero-order chi connectivity index (χ0) is 11.7.